The predicted molar refractivity (Wildman–Crippen MR) is 69.6 cm³/mol. The smallest absolute Gasteiger partial charge is 0.0527 e. The lowest BCUT2D eigenvalue weighted by molar-refractivity contribution is 0.133. The maximum absolute atomic E-state index is 9.43. The number of nitrogens with zero attached hydrogens (tertiary/aromatic N) is 1. The van der Waals surface area contributed by atoms with Gasteiger partial charge in [0.25, 0.3) is 0 Å². The third-order valence-corrected chi connectivity index (χ3v) is 3.47. The zero-order valence-corrected chi connectivity index (χ0v) is 10.7. The highest BCUT2D eigenvalue weighted by Gasteiger charge is 2.24. The Morgan fingerprint density at radius 3 is 2.94 bits per heavy atom. The molecule has 0 aromatic heterocycles. The molecule has 94 valence electrons. The molecule has 1 aliphatic heterocycles. The minimum Gasteiger partial charge on any atom is -0.393 e. The van der Waals surface area contributed by atoms with E-state index in [0.29, 0.717) is 6.04 Å². The van der Waals surface area contributed by atoms with Gasteiger partial charge in [-0.1, -0.05) is 12.5 Å². The summed E-state index contributed by atoms with van der Waals surface area (Å²) >= 11 is 0. The highest BCUT2D eigenvalue weighted by molar-refractivity contribution is 4.80. The molecule has 2 nitrogen and oxygen atoms in total. The van der Waals surface area contributed by atoms with Gasteiger partial charge in [0, 0.05) is 6.04 Å². The molecule has 1 rings (SSSR count). The quantitative estimate of drug-likeness (QED) is 0.507. The lowest BCUT2D eigenvalue weighted by Gasteiger charge is -2.25. The Balaban J connectivity index is 2.12. The van der Waals surface area contributed by atoms with Gasteiger partial charge in [0.15, 0.2) is 0 Å². The molecule has 2 unspecified atom stereocenters. The van der Waals surface area contributed by atoms with Crippen LogP contribution < -0.4 is 0 Å². The standard InChI is InChI=1S/C14H27NO/c1-3-4-5-6-7-10-15-11-8-9-14(15)12-13(2)16/h3,13-14,16H,1,4-12H2,2H3. The highest BCUT2D eigenvalue weighted by atomic mass is 16.3. The summed E-state index contributed by atoms with van der Waals surface area (Å²) in [6.07, 6.45) is 10.4. The first-order valence-electron chi connectivity index (χ1n) is 6.77. The SMILES string of the molecule is C=CCCCCCN1CCCC1CC(C)O. The van der Waals surface area contributed by atoms with Gasteiger partial charge in [-0.2, -0.15) is 0 Å². The van der Waals surface area contributed by atoms with Gasteiger partial charge in [-0.05, 0) is 58.5 Å². The van der Waals surface area contributed by atoms with E-state index in [2.05, 4.69) is 11.5 Å². The molecule has 0 saturated carbocycles. The van der Waals surface area contributed by atoms with E-state index in [0.717, 1.165) is 12.8 Å². The fourth-order valence-corrected chi connectivity index (χ4v) is 2.63. The number of aliphatic hydroxyl groups is 1. The average molecular weight is 225 g/mol. The molecule has 0 aliphatic carbocycles. The number of rotatable bonds is 8. The summed E-state index contributed by atoms with van der Waals surface area (Å²) in [7, 11) is 0. The van der Waals surface area contributed by atoms with E-state index in [1.54, 1.807) is 0 Å². The Labute approximate surface area is 100 Å². The van der Waals surface area contributed by atoms with Crippen LogP contribution in [-0.4, -0.2) is 35.2 Å². The van der Waals surface area contributed by atoms with Crippen LogP contribution in [0.3, 0.4) is 0 Å². The van der Waals surface area contributed by atoms with Crippen LogP contribution in [0, 0.1) is 0 Å². The topological polar surface area (TPSA) is 23.5 Å². The van der Waals surface area contributed by atoms with Gasteiger partial charge in [-0.15, -0.1) is 6.58 Å². The fraction of sp³-hybridized carbons (Fsp3) is 0.857. The van der Waals surface area contributed by atoms with Crippen molar-refractivity contribution in [2.24, 2.45) is 0 Å². The molecule has 0 aromatic carbocycles. The van der Waals surface area contributed by atoms with Crippen molar-refractivity contribution < 1.29 is 5.11 Å². The summed E-state index contributed by atoms with van der Waals surface area (Å²) in [5.41, 5.74) is 0. The van der Waals surface area contributed by atoms with Crippen molar-refractivity contribution in [2.75, 3.05) is 13.1 Å². The predicted octanol–water partition coefficient (Wildman–Crippen LogP) is 2.97. The van der Waals surface area contributed by atoms with Crippen LogP contribution in [0.1, 0.15) is 51.9 Å². The van der Waals surface area contributed by atoms with Gasteiger partial charge in [-0.25, -0.2) is 0 Å². The molecule has 1 saturated heterocycles. The molecule has 2 heteroatoms. The molecule has 0 amide bonds. The second-order valence-electron chi connectivity index (χ2n) is 5.05. The van der Waals surface area contributed by atoms with Gasteiger partial charge in [0.05, 0.1) is 6.10 Å². The monoisotopic (exact) mass is 225 g/mol. The van der Waals surface area contributed by atoms with Gasteiger partial charge in [0.2, 0.25) is 0 Å². The van der Waals surface area contributed by atoms with Crippen LogP contribution in [0.15, 0.2) is 12.7 Å². The third-order valence-electron chi connectivity index (χ3n) is 3.47. The lowest BCUT2D eigenvalue weighted by Crippen LogP contribution is -2.32. The largest absolute Gasteiger partial charge is 0.393 e. The zero-order valence-electron chi connectivity index (χ0n) is 10.7. The normalized spacial score (nSPS) is 23.5. The van der Waals surface area contributed by atoms with Crippen molar-refractivity contribution in [1.29, 1.82) is 0 Å². The van der Waals surface area contributed by atoms with E-state index < -0.39 is 0 Å². The molecule has 0 spiro atoms. The third kappa shape index (κ3) is 5.13. The van der Waals surface area contributed by atoms with Crippen LogP contribution >= 0.6 is 0 Å². The summed E-state index contributed by atoms with van der Waals surface area (Å²) in [5, 5.41) is 9.43. The van der Waals surface area contributed by atoms with E-state index >= 15 is 0 Å². The molecule has 0 bridgehead atoms. The van der Waals surface area contributed by atoms with Crippen molar-refractivity contribution in [3.8, 4) is 0 Å². The van der Waals surface area contributed by atoms with Crippen molar-refractivity contribution in [2.45, 2.75) is 64.0 Å². The molecular formula is C14H27NO. The molecular weight excluding hydrogens is 198 g/mol. The zero-order chi connectivity index (χ0) is 11.8. The molecule has 1 fully saturated rings. The Morgan fingerprint density at radius 2 is 2.25 bits per heavy atom. The Kier molecular flexibility index (Phi) is 6.74. The van der Waals surface area contributed by atoms with Crippen LogP contribution in [0.2, 0.25) is 0 Å². The molecule has 0 aromatic rings. The molecule has 1 heterocycles. The minimum absolute atomic E-state index is 0.147. The van der Waals surface area contributed by atoms with Gasteiger partial charge in [-0.3, -0.25) is 0 Å². The Bertz CT molecular complexity index is 191. The minimum atomic E-state index is -0.147. The Hall–Kier alpha value is -0.340. The number of likely N-dealkylation sites (tertiary alicyclic amines) is 1. The van der Waals surface area contributed by atoms with Crippen LogP contribution in [-0.2, 0) is 0 Å². The highest BCUT2D eigenvalue weighted by Crippen LogP contribution is 2.21. The first-order valence-corrected chi connectivity index (χ1v) is 6.77. The first kappa shape index (κ1) is 13.7. The molecule has 16 heavy (non-hydrogen) atoms. The van der Waals surface area contributed by atoms with Gasteiger partial charge >= 0.3 is 0 Å². The summed E-state index contributed by atoms with van der Waals surface area (Å²) in [6.45, 7) is 8.10. The second-order valence-corrected chi connectivity index (χ2v) is 5.05. The summed E-state index contributed by atoms with van der Waals surface area (Å²) in [4.78, 5) is 2.57. The molecule has 2 atom stereocenters. The second kappa shape index (κ2) is 7.86. The number of hydrogen-bond acceptors (Lipinski definition) is 2. The first-order chi connectivity index (χ1) is 7.74. The van der Waals surface area contributed by atoms with Crippen molar-refractivity contribution in [3.05, 3.63) is 12.7 Å². The van der Waals surface area contributed by atoms with Crippen molar-refractivity contribution in [1.82, 2.24) is 4.90 Å². The number of unbranched alkanes of at least 4 members (excludes halogenated alkanes) is 3. The number of allylic oxidation sites excluding steroid dienone is 1. The molecule has 1 N–H and O–H groups in total. The maximum atomic E-state index is 9.43. The van der Waals surface area contributed by atoms with Crippen molar-refractivity contribution >= 4 is 0 Å². The van der Waals surface area contributed by atoms with E-state index in [9.17, 15) is 5.11 Å². The van der Waals surface area contributed by atoms with Crippen molar-refractivity contribution in [3.63, 3.8) is 0 Å². The summed E-state index contributed by atoms with van der Waals surface area (Å²) in [5.74, 6) is 0. The van der Waals surface area contributed by atoms with E-state index in [4.69, 9.17) is 0 Å². The fourth-order valence-electron chi connectivity index (χ4n) is 2.63. The van der Waals surface area contributed by atoms with Crippen LogP contribution in [0.5, 0.6) is 0 Å². The maximum Gasteiger partial charge on any atom is 0.0527 e. The number of aliphatic hydroxyl groups excluding tert-OH is 1. The van der Waals surface area contributed by atoms with E-state index in [1.807, 2.05) is 13.0 Å². The van der Waals surface area contributed by atoms with E-state index in [1.165, 1.54) is 45.2 Å². The van der Waals surface area contributed by atoms with E-state index in [-0.39, 0.29) is 6.10 Å². The van der Waals surface area contributed by atoms with Crippen LogP contribution in [0.25, 0.3) is 0 Å². The van der Waals surface area contributed by atoms with Crippen LogP contribution in [0.4, 0.5) is 0 Å². The molecule has 0 radical (unpaired) electrons. The molecule has 1 aliphatic rings. The lowest BCUT2D eigenvalue weighted by atomic mass is 10.1. The average Bonchev–Trinajstić information content (AvgIpc) is 2.64. The Morgan fingerprint density at radius 1 is 1.44 bits per heavy atom. The van der Waals surface area contributed by atoms with Gasteiger partial charge < -0.3 is 10.0 Å². The number of hydrogen-bond donors (Lipinski definition) is 1. The van der Waals surface area contributed by atoms with Gasteiger partial charge in [0.1, 0.15) is 0 Å². The summed E-state index contributed by atoms with van der Waals surface area (Å²) < 4.78 is 0. The summed E-state index contributed by atoms with van der Waals surface area (Å²) in [6, 6.07) is 0.638.